The molecule has 2 heteroatoms. The normalized spacial score (nSPS) is 13.6. The van der Waals surface area contributed by atoms with Crippen LogP contribution < -0.4 is 4.74 Å². The van der Waals surface area contributed by atoms with Gasteiger partial charge in [0.2, 0.25) is 0 Å². The third-order valence-electron chi connectivity index (χ3n) is 8.12. The van der Waals surface area contributed by atoms with Crippen molar-refractivity contribution >= 4 is 43.4 Å². The molecule has 2 nitrogen and oxygen atoms in total. The zero-order valence-corrected chi connectivity index (χ0v) is 21.3. The highest BCUT2D eigenvalue weighted by molar-refractivity contribution is 6.19. The summed E-state index contributed by atoms with van der Waals surface area (Å²) in [4.78, 5) is 0. The van der Waals surface area contributed by atoms with E-state index >= 15 is 0 Å². The highest BCUT2D eigenvalue weighted by Gasteiger charge is 2.22. The van der Waals surface area contributed by atoms with Crippen molar-refractivity contribution in [2.24, 2.45) is 0 Å². The quantitative estimate of drug-likeness (QED) is 0.224. The van der Waals surface area contributed by atoms with Gasteiger partial charge in [-0.3, -0.25) is 0 Å². The molecule has 0 spiro atoms. The van der Waals surface area contributed by atoms with Crippen LogP contribution in [0.25, 0.3) is 71.3 Å². The van der Waals surface area contributed by atoms with Gasteiger partial charge in [-0.15, -0.1) is 0 Å². The van der Waals surface area contributed by atoms with Crippen LogP contribution in [0.5, 0.6) is 11.5 Å². The van der Waals surface area contributed by atoms with E-state index in [9.17, 15) is 0 Å². The molecule has 2 heterocycles. The van der Waals surface area contributed by atoms with Gasteiger partial charge in [-0.1, -0.05) is 109 Å². The number of hydrogen-bond donors (Lipinski definition) is 0. The maximum absolute atomic E-state index is 8.67. The molecule has 186 valence electrons. The van der Waals surface area contributed by atoms with E-state index in [0.717, 1.165) is 38.7 Å². The summed E-state index contributed by atoms with van der Waals surface area (Å²) in [5.41, 5.74) is 6.60. The number of ether oxygens (including phenoxy) is 1. The Hall–Kier alpha value is -5.34. The molecule has 1 aromatic heterocycles. The lowest BCUT2D eigenvalue weighted by Gasteiger charge is -2.22. The predicted molar refractivity (Wildman–Crippen MR) is 167 cm³/mol. The van der Waals surface area contributed by atoms with Gasteiger partial charge in [0, 0.05) is 32.8 Å². The van der Waals surface area contributed by atoms with Crippen LogP contribution in [-0.2, 0) is 0 Å². The predicted octanol–water partition coefficient (Wildman–Crippen LogP) is 10.5. The Morgan fingerprint density at radius 1 is 0.550 bits per heavy atom. The smallest absolute Gasteiger partial charge is 0.135 e. The van der Waals surface area contributed by atoms with Crippen LogP contribution in [-0.4, -0.2) is 4.57 Å². The van der Waals surface area contributed by atoms with Gasteiger partial charge in [-0.2, -0.15) is 0 Å². The van der Waals surface area contributed by atoms with Gasteiger partial charge < -0.3 is 9.30 Å². The Morgan fingerprint density at radius 2 is 1.38 bits per heavy atom. The molecule has 0 N–H and O–H groups in total. The monoisotopic (exact) mass is 513 g/mol. The van der Waals surface area contributed by atoms with Crippen molar-refractivity contribution in [3.05, 3.63) is 139 Å². The lowest BCUT2D eigenvalue weighted by atomic mass is 9.90. The topological polar surface area (TPSA) is 14.2 Å². The lowest BCUT2D eigenvalue weighted by molar-refractivity contribution is 0.487. The Bertz CT molecular complexity index is 2520. The average molecular weight is 514 g/mol. The molecule has 1 aliphatic heterocycles. The number of benzene rings is 7. The third kappa shape index (κ3) is 2.93. The molecule has 7 aromatic carbocycles. The van der Waals surface area contributed by atoms with Crippen molar-refractivity contribution in [2.75, 3.05) is 0 Å². The highest BCUT2D eigenvalue weighted by Crippen LogP contribution is 2.49. The molecule has 8 aromatic rings. The summed E-state index contributed by atoms with van der Waals surface area (Å²) in [6.07, 6.45) is 0. The van der Waals surface area contributed by atoms with E-state index in [-0.39, 0.29) is 29.9 Å². The van der Waals surface area contributed by atoms with E-state index in [4.69, 9.17) is 10.2 Å². The molecule has 0 saturated heterocycles. The number of para-hydroxylation sites is 2. The Labute approximate surface area is 236 Å². The van der Waals surface area contributed by atoms with E-state index in [1.807, 2.05) is 30.3 Å². The second-order valence-electron chi connectivity index (χ2n) is 10.2. The first-order chi connectivity index (χ1) is 21.5. The molecule has 40 heavy (non-hydrogen) atoms. The Morgan fingerprint density at radius 3 is 2.33 bits per heavy atom. The van der Waals surface area contributed by atoms with Gasteiger partial charge in [-0.25, -0.2) is 0 Å². The number of hydrogen-bond acceptors (Lipinski definition) is 1. The third-order valence-corrected chi connectivity index (χ3v) is 8.12. The number of fused-ring (bicyclic) bond motifs is 7. The van der Waals surface area contributed by atoms with Crippen molar-refractivity contribution in [2.45, 2.75) is 0 Å². The van der Waals surface area contributed by atoms with Crippen molar-refractivity contribution < 1.29 is 10.2 Å². The molecular formula is C38H23NO. The zero-order valence-electron chi connectivity index (χ0n) is 25.3. The maximum atomic E-state index is 8.67. The fourth-order valence-corrected chi connectivity index (χ4v) is 6.39. The maximum Gasteiger partial charge on any atom is 0.135 e. The molecule has 0 bridgehead atoms. The first-order valence-electron chi connectivity index (χ1n) is 15.4. The van der Waals surface area contributed by atoms with Gasteiger partial charge in [0.15, 0.2) is 0 Å². The second kappa shape index (κ2) is 8.08. The summed E-state index contributed by atoms with van der Waals surface area (Å²) < 4.78 is 42.1. The van der Waals surface area contributed by atoms with Crippen molar-refractivity contribution in [1.29, 1.82) is 0 Å². The molecule has 0 amide bonds. The van der Waals surface area contributed by atoms with E-state index in [2.05, 4.69) is 89.5 Å². The summed E-state index contributed by atoms with van der Waals surface area (Å²) >= 11 is 0. The van der Waals surface area contributed by atoms with E-state index in [1.165, 1.54) is 27.1 Å². The fourth-order valence-electron chi connectivity index (χ4n) is 6.39. The lowest BCUT2D eigenvalue weighted by Crippen LogP contribution is -1.97. The van der Waals surface area contributed by atoms with Gasteiger partial charge in [0.05, 0.1) is 16.5 Å². The summed E-state index contributed by atoms with van der Waals surface area (Å²) in [7, 11) is 0. The first-order valence-corrected chi connectivity index (χ1v) is 13.4. The van der Waals surface area contributed by atoms with Crippen LogP contribution in [0, 0.1) is 0 Å². The van der Waals surface area contributed by atoms with Gasteiger partial charge >= 0.3 is 0 Å². The molecule has 0 unspecified atom stereocenters. The van der Waals surface area contributed by atoms with Crippen molar-refractivity contribution in [3.8, 4) is 39.4 Å². The van der Waals surface area contributed by atoms with Crippen molar-refractivity contribution in [3.63, 3.8) is 0 Å². The molecule has 0 saturated carbocycles. The minimum absolute atomic E-state index is 0.0921. The highest BCUT2D eigenvalue weighted by atomic mass is 16.5. The van der Waals surface area contributed by atoms with Gasteiger partial charge in [-0.05, 0) is 57.8 Å². The van der Waals surface area contributed by atoms with E-state index < -0.39 is 0 Å². The number of nitrogens with zero attached hydrogens (tertiary/aromatic N) is 1. The van der Waals surface area contributed by atoms with Crippen LogP contribution in [0.2, 0.25) is 0 Å². The zero-order chi connectivity index (χ0) is 29.7. The van der Waals surface area contributed by atoms with Gasteiger partial charge in [0.1, 0.15) is 11.5 Å². The molecule has 0 atom stereocenters. The van der Waals surface area contributed by atoms with Crippen LogP contribution in [0.3, 0.4) is 0 Å². The molecule has 0 aliphatic carbocycles. The SMILES string of the molecule is [2H]c1c([2H])c([2H])c2c(c1[2H])Oc1ccc(-c3ccc4c5ccc6ccccc6c5n(-c5ccccc5)c4c3)c3cccc-2c13. The number of aromatic nitrogens is 1. The minimum Gasteiger partial charge on any atom is -0.456 e. The van der Waals surface area contributed by atoms with E-state index in [1.54, 1.807) is 0 Å². The second-order valence-corrected chi connectivity index (χ2v) is 10.2. The molecule has 0 fully saturated rings. The Kier molecular flexibility index (Phi) is 3.64. The van der Waals surface area contributed by atoms with Crippen molar-refractivity contribution in [1.82, 2.24) is 4.57 Å². The summed E-state index contributed by atoms with van der Waals surface area (Å²) in [5.74, 6) is 0.757. The summed E-state index contributed by atoms with van der Waals surface area (Å²) in [5, 5.41) is 6.58. The van der Waals surface area contributed by atoms with E-state index in [0.29, 0.717) is 11.3 Å². The molecule has 0 radical (unpaired) electrons. The summed E-state index contributed by atoms with van der Waals surface area (Å²) in [6, 6.07) is 39.1. The molecular weight excluding hydrogens is 486 g/mol. The standard InChI is InChI=1S/C38H23NO/c1-2-10-26(11-3-1)39-34-23-25(18-19-29(34)33-20-17-24-9-4-5-12-28(24)38(33)39)27-21-22-36-37-31(27)14-8-15-32(37)30-13-6-7-16-35(30)40-36/h1-23H/i6D,7D,13D,16D. The Balaban J connectivity index is 1.34. The fraction of sp³-hybridized carbons (Fsp3) is 0. The van der Waals surface area contributed by atoms with Crippen LogP contribution >= 0.6 is 0 Å². The number of rotatable bonds is 2. The molecule has 9 rings (SSSR count). The largest absolute Gasteiger partial charge is 0.456 e. The van der Waals surface area contributed by atoms with Crippen LogP contribution in [0.15, 0.2) is 139 Å². The van der Waals surface area contributed by atoms with Crippen LogP contribution in [0.1, 0.15) is 5.48 Å². The molecule has 1 aliphatic rings. The first kappa shape index (κ1) is 18.0. The average Bonchev–Trinajstić information content (AvgIpc) is 3.41. The summed E-state index contributed by atoms with van der Waals surface area (Å²) in [6.45, 7) is 0. The minimum atomic E-state index is -0.295. The van der Waals surface area contributed by atoms with Gasteiger partial charge in [0.25, 0.3) is 0 Å². The van der Waals surface area contributed by atoms with Crippen LogP contribution in [0.4, 0.5) is 0 Å².